The molecular formula is C22H29FN2O3. The molecule has 0 aromatic heterocycles. The number of rotatable bonds is 3. The maximum atomic E-state index is 15.2. The molecule has 3 unspecified atom stereocenters. The Labute approximate surface area is 165 Å². The second-order valence-corrected chi connectivity index (χ2v) is 8.70. The molecule has 0 radical (unpaired) electrons. The van der Waals surface area contributed by atoms with E-state index in [1.165, 1.54) is 0 Å². The number of halogens is 1. The number of carbonyl (C=O) groups is 2. The minimum absolute atomic E-state index is 0.0116. The van der Waals surface area contributed by atoms with Crippen LogP contribution in [0.15, 0.2) is 12.1 Å². The van der Waals surface area contributed by atoms with Crippen molar-refractivity contribution >= 4 is 11.8 Å². The number of nitrogens with zero attached hydrogens (tertiary/aromatic N) is 2. The molecule has 1 aromatic carbocycles. The van der Waals surface area contributed by atoms with E-state index in [1.807, 2.05) is 19.9 Å². The maximum Gasteiger partial charge on any atom is 0.260 e. The second-order valence-electron chi connectivity index (χ2n) is 8.70. The first-order valence-corrected chi connectivity index (χ1v) is 10.4. The lowest BCUT2D eigenvalue weighted by molar-refractivity contribution is -0.142. The highest BCUT2D eigenvalue weighted by Gasteiger charge is 2.73. The zero-order chi connectivity index (χ0) is 20.2. The lowest BCUT2D eigenvalue weighted by atomic mass is 10.0. The summed E-state index contributed by atoms with van der Waals surface area (Å²) in [6.45, 7) is 6.71. The summed E-state index contributed by atoms with van der Waals surface area (Å²) < 4.78 is 15.2. The van der Waals surface area contributed by atoms with Crippen molar-refractivity contribution in [1.29, 1.82) is 0 Å². The van der Waals surface area contributed by atoms with Gasteiger partial charge in [-0.05, 0) is 50.3 Å². The number of alkyl halides is 1. The van der Waals surface area contributed by atoms with Crippen LogP contribution in [0.3, 0.4) is 0 Å². The number of aryl methyl sites for hydroxylation is 2. The lowest BCUT2D eigenvalue weighted by Crippen LogP contribution is -2.58. The van der Waals surface area contributed by atoms with Crippen LogP contribution in [0.5, 0.6) is 5.75 Å². The molecule has 6 heteroatoms. The van der Waals surface area contributed by atoms with Crippen molar-refractivity contribution in [3.05, 3.63) is 28.8 Å². The molecule has 1 heterocycles. The van der Waals surface area contributed by atoms with Crippen molar-refractivity contribution in [2.45, 2.75) is 58.2 Å². The first-order chi connectivity index (χ1) is 13.3. The molecule has 1 aromatic rings. The predicted molar refractivity (Wildman–Crippen MR) is 104 cm³/mol. The quantitative estimate of drug-likeness (QED) is 0.865. The van der Waals surface area contributed by atoms with Gasteiger partial charge in [-0.25, -0.2) is 4.39 Å². The average Bonchev–Trinajstić information content (AvgIpc) is 3.04. The van der Waals surface area contributed by atoms with Gasteiger partial charge in [0.1, 0.15) is 5.75 Å². The van der Waals surface area contributed by atoms with Crippen molar-refractivity contribution in [2.24, 2.45) is 11.8 Å². The highest BCUT2D eigenvalue weighted by Crippen LogP contribution is 2.63. The number of hydrogen-bond donors (Lipinski definition) is 1. The molecule has 3 aliphatic rings. The molecule has 28 heavy (non-hydrogen) atoms. The first kappa shape index (κ1) is 19.2. The Kier molecular flexibility index (Phi) is 4.63. The third-order valence-electron chi connectivity index (χ3n) is 6.99. The summed E-state index contributed by atoms with van der Waals surface area (Å²) in [7, 11) is 0. The Hall–Kier alpha value is -2.11. The highest BCUT2D eigenvalue weighted by atomic mass is 19.1. The molecule has 1 saturated heterocycles. The van der Waals surface area contributed by atoms with E-state index in [0.29, 0.717) is 37.2 Å². The number of hydrogen-bond acceptors (Lipinski definition) is 3. The number of fused-ring (bicyclic) bond motifs is 1. The van der Waals surface area contributed by atoms with Crippen molar-refractivity contribution in [1.82, 2.24) is 9.80 Å². The van der Waals surface area contributed by atoms with Gasteiger partial charge in [0.05, 0.1) is 5.56 Å². The SMILES string of the molecule is CCC1CN(C(=O)C2(F)C3CCCC32)CCN1C(=O)c1cc(C)cc(C)c1O. The molecule has 3 atom stereocenters. The summed E-state index contributed by atoms with van der Waals surface area (Å²) in [5.74, 6) is -0.764. The molecule has 0 spiro atoms. The van der Waals surface area contributed by atoms with Gasteiger partial charge in [0.2, 0.25) is 0 Å². The highest BCUT2D eigenvalue weighted by molar-refractivity contribution is 5.98. The van der Waals surface area contributed by atoms with Gasteiger partial charge in [0.25, 0.3) is 11.8 Å². The molecular weight excluding hydrogens is 359 g/mol. The number of carbonyl (C=O) groups excluding carboxylic acids is 2. The Morgan fingerprint density at radius 3 is 2.54 bits per heavy atom. The fourth-order valence-corrected chi connectivity index (χ4v) is 5.37. The van der Waals surface area contributed by atoms with Gasteiger partial charge in [0.15, 0.2) is 5.67 Å². The van der Waals surface area contributed by atoms with E-state index < -0.39 is 5.67 Å². The number of aromatic hydroxyl groups is 1. The topological polar surface area (TPSA) is 60.9 Å². The van der Waals surface area contributed by atoms with Crippen LogP contribution in [0.1, 0.15) is 54.1 Å². The molecule has 4 rings (SSSR count). The van der Waals surface area contributed by atoms with Crippen molar-refractivity contribution in [2.75, 3.05) is 19.6 Å². The van der Waals surface area contributed by atoms with Crippen LogP contribution in [0.25, 0.3) is 0 Å². The maximum absolute atomic E-state index is 15.2. The Bertz CT molecular complexity index is 814. The lowest BCUT2D eigenvalue weighted by Gasteiger charge is -2.42. The molecule has 2 saturated carbocycles. The number of amides is 2. The summed E-state index contributed by atoms with van der Waals surface area (Å²) in [5.41, 5.74) is 0.230. The van der Waals surface area contributed by atoms with E-state index in [1.54, 1.807) is 22.8 Å². The zero-order valence-electron chi connectivity index (χ0n) is 16.9. The minimum Gasteiger partial charge on any atom is -0.507 e. The van der Waals surface area contributed by atoms with Gasteiger partial charge in [-0.2, -0.15) is 0 Å². The fourth-order valence-electron chi connectivity index (χ4n) is 5.37. The molecule has 5 nitrogen and oxygen atoms in total. The zero-order valence-corrected chi connectivity index (χ0v) is 16.9. The third kappa shape index (κ3) is 2.80. The van der Waals surface area contributed by atoms with Gasteiger partial charge in [-0.3, -0.25) is 9.59 Å². The van der Waals surface area contributed by atoms with Crippen molar-refractivity contribution in [3.63, 3.8) is 0 Å². The van der Waals surface area contributed by atoms with Crippen LogP contribution in [0.2, 0.25) is 0 Å². The molecule has 3 fully saturated rings. The summed E-state index contributed by atoms with van der Waals surface area (Å²) in [4.78, 5) is 29.3. The van der Waals surface area contributed by atoms with Crippen molar-refractivity contribution < 1.29 is 19.1 Å². The van der Waals surface area contributed by atoms with Crippen LogP contribution >= 0.6 is 0 Å². The standard InChI is InChI=1S/C22H29FN2O3/c1-4-15-12-24(21(28)22(23)17-6-5-7-18(17)22)8-9-25(15)20(27)16-11-13(2)10-14(3)19(16)26/h10-11,15,17-18,26H,4-9,12H2,1-3H3. The summed E-state index contributed by atoms with van der Waals surface area (Å²) >= 11 is 0. The van der Waals surface area contributed by atoms with Gasteiger partial charge >= 0.3 is 0 Å². The molecule has 0 bridgehead atoms. The third-order valence-corrected chi connectivity index (χ3v) is 6.99. The predicted octanol–water partition coefficient (Wildman–Crippen LogP) is 3.21. The Balaban J connectivity index is 1.50. The van der Waals surface area contributed by atoms with Crippen LogP contribution in [0.4, 0.5) is 4.39 Å². The van der Waals surface area contributed by atoms with Gasteiger partial charge < -0.3 is 14.9 Å². The number of piperazine rings is 1. The van der Waals surface area contributed by atoms with E-state index in [-0.39, 0.29) is 35.4 Å². The van der Waals surface area contributed by atoms with Crippen LogP contribution in [-0.2, 0) is 4.79 Å². The summed E-state index contributed by atoms with van der Waals surface area (Å²) in [5, 5.41) is 10.4. The number of phenolic OH excluding ortho intramolecular Hbond substituents is 1. The first-order valence-electron chi connectivity index (χ1n) is 10.4. The molecule has 2 aliphatic carbocycles. The van der Waals surface area contributed by atoms with Crippen LogP contribution in [0, 0.1) is 25.7 Å². The van der Waals surface area contributed by atoms with E-state index in [9.17, 15) is 14.7 Å². The van der Waals surface area contributed by atoms with E-state index in [0.717, 1.165) is 24.8 Å². The van der Waals surface area contributed by atoms with Crippen LogP contribution in [-0.4, -0.2) is 58.1 Å². The molecule has 1 aliphatic heterocycles. The number of phenols is 1. The summed E-state index contributed by atoms with van der Waals surface area (Å²) in [6.07, 6.45) is 3.32. The summed E-state index contributed by atoms with van der Waals surface area (Å²) in [6, 6.07) is 3.37. The van der Waals surface area contributed by atoms with E-state index >= 15 is 4.39 Å². The number of benzene rings is 1. The van der Waals surface area contributed by atoms with E-state index in [4.69, 9.17) is 0 Å². The monoisotopic (exact) mass is 388 g/mol. The largest absolute Gasteiger partial charge is 0.507 e. The average molecular weight is 388 g/mol. The Morgan fingerprint density at radius 2 is 1.89 bits per heavy atom. The van der Waals surface area contributed by atoms with Gasteiger partial charge in [0, 0.05) is 37.5 Å². The molecule has 2 amide bonds. The van der Waals surface area contributed by atoms with Crippen molar-refractivity contribution in [3.8, 4) is 5.75 Å². The normalized spacial score (nSPS) is 31.6. The van der Waals surface area contributed by atoms with Crippen LogP contribution < -0.4 is 0 Å². The fraction of sp³-hybridized carbons (Fsp3) is 0.636. The molecule has 152 valence electrons. The van der Waals surface area contributed by atoms with Gasteiger partial charge in [-0.15, -0.1) is 0 Å². The van der Waals surface area contributed by atoms with E-state index in [2.05, 4.69) is 0 Å². The van der Waals surface area contributed by atoms with Gasteiger partial charge in [-0.1, -0.05) is 19.4 Å². The molecule has 1 N–H and O–H groups in total. The smallest absolute Gasteiger partial charge is 0.260 e. The Morgan fingerprint density at radius 1 is 1.21 bits per heavy atom. The minimum atomic E-state index is -1.66. The second kappa shape index (κ2) is 6.75.